The summed E-state index contributed by atoms with van der Waals surface area (Å²) in [5.74, 6) is -0.612. The molecule has 2 rings (SSSR count). The summed E-state index contributed by atoms with van der Waals surface area (Å²) in [6, 6.07) is 4.67. The molecule has 1 unspecified atom stereocenters. The van der Waals surface area contributed by atoms with E-state index in [1.54, 1.807) is 12.1 Å². The van der Waals surface area contributed by atoms with E-state index in [1.807, 2.05) is 0 Å². The second-order valence-electron chi connectivity index (χ2n) is 4.12. The minimum atomic E-state index is -0.518. The van der Waals surface area contributed by atoms with E-state index in [0.717, 1.165) is 0 Å². The molecular weight excluding hydrogens is 299 g/mol. The van der Waals surface area contributed by atoms with E-state index in [4.69, 9.17) is 26.8 Å². The van der Waals surface area contributed by atoms with E-state index >= 15 is 0 Å². The van der Waals surface area contributed by atoms with Gasteiger partial charge in [-0.1, -0.05) is 12.1 Å². The molecular formula is C13H14ClFN4O2. The average Bonchev–Trinajstić information content (AvgIpc) is 2.51. The molecule has 0 radical (unpaired) electrons. The Morgan fingerprint density at radius 3 is 2.33 bits per heavy atom. The molecule has 0 saturated heterocycles. The number of nitrogens with two attached hydrogens (primary N) is 1. The largest absolute Gasteiger partial charge is 0.467 e. The van der Waals surface area contributed by atoms with Crippen LogP contribution in [0, 0.1) is 5.82 Å². The Balaban J connectivity index is 2.53. The molecule has 0 spiro atoms. The molecule has 0 aliphatic carbocycles. The number of alkyl halides is 1. The van der Waals surface area contributed by atoms with Gasteiger partial charge in [-0.05, 0) is 11.6 Å². The smallest absolute Gasteiger partial charge is 0.322 e. The van der Waals surface area contributed by atoms with Gasteiger partial charge < -0.3 is 15.2 Å². The maximum absolute atomic E-state index is 13.6. The number of nitrogen functional groups attached to an aromatic ring is 1. The normalized spacial score (nSPS) is 12.0. The molecule has 6 nitrogen and oxygen atoms in total. The molecule has 0 fully saturated rings. The Hall–Kier alpha value is -2.15. The number of benzene rings is 1. The Kier molecular flexibility index (Phi) is 4.74. The van der Waals surface area contributed by atoms with Gasteiger partial charge >= 0.3 is 12.0 Å². The van der Waals surface area contributed by atoms with Crippen LogP contribution in [0.2, 0.25) is 0 Å². The Morgan fingerprint density at radius 1 is 1.19 bits per heavy atom. The van der Waals surface area contributed by atoms with Gasteiger partial charge in [-0.15, -0.1) is 16.6 Å². The highest BCUT2D eigenvalue weighted by Gasteiger charge is 2.22. The molecule has 1 heterocycles. The second kappa shape index (κ2) is 6.53. The first-order chi connectivity index (χ1) is 10.1. The number of ether oxygens (including phenoxy) is 2. The van der Waals surface area contributed by atoms with Crippen molar-refractivity contribution in [3.05, 3.63) is 35.4 Å². The van der Waals surface area contributed by atoms with Gasteiger partial charge in [0.25, 0.3) is 0 Å². The molecule has 0 amide bonds. The van der Waals surface area contributed by atoms with Crippen molar-refractivity contribution in [3.8, 4) is 12.0 Å². The topological polar surface area (TPSA) is 83.2 Å². The van der Waals surface area contributed by atoms with Crippen LogP contribution in [-0.4, -0.2) is 35.1 Å². The highest BCUT2D eigenvalue weighted by molar-refractivity contribution is 6.18. The molecule has 1 aromatic heterocycles. The molecule has 21 heavy (non-hydrogen) atoms. The van der Waals surface area contributed by atoms with Crippen molar-refractivity contribution in [2.75, 3.05) is 25.8 Å². The van der Waals surface area contributed by atoms with Gasteiger partial charge in [-0.3, -0.25) is 0 Å². The number of para-hydroxylation sites is 1. The van der Waals surface area contributed by atoms with Crippen molar-refractivity contribution in [1.29, 1.82) is 0 Å². The Labute approximate surface area is 126 Å². The summed E-state index contributed by atoms with van der Waals surface area (Å²) in [7, 11) is 2.84. The molecule has 0 aliphatic rings. The van der Waals surface area contributed by atoms with Gasteiger partial charge in [-0.2, -0.15) is 9.97 Å². The van der Waals surface area contributed by atoms with Gasteiger partial charge in [0.05, 0.1) is 25.8 Å². The quantitative estimate of drug-likeness (QED) is 0.671. The number of hydrogen-bond donors (Lipinski definition) is 1. The van der Waals surface area contributed by atoms with Gasteiger partial charge in [0.2, 0.25) is 0 Å². The minimum Gasteiger partial charge on any atom is -0.467 e. The van der Waals surface area contributed by atoms with Crippen LogP contribution in [-0.2, 0) is 0 Å². The number of methoxy groups -OCH3 is 2. The number of aromatic nitrogens is 3. The maximum Gasteiger partial charge on any atom is 0.322 e. The summed E-state index contributed by atoms with van der Waals surface area (Å²) >= 11 is 5.99. The first-order valence-electron chi connectivity index (χ1n) is 6.04. The average molecular weight is 313 g/mol. The third-order valence-corrected chi connectivity index (χ3v) is 3.21. The fourth-order valence-electron chi connectivity index (χ4n) is 1.84. The molecule has 112 valence electrons. The van der Waals surface area contributed by atoms with E-state index in [9.17, 15) is 4.39 Å². The van der Waals surface area contributed by atoms with Crippen molar-refractivity contribution in [1.82, 2.24) is 15.0 Å². The van der Waals surface area contributed by atoms with E-state index in [1.165, 1.54) is 20.3 Å². The first kappa shape index (κ1) is 15.2. The number of anilines is 1. The van der Waals surface area contributed by atoms with Gasteiger partial charge in [0.15, 0.2) is 0 Å². The van der Waals surface area contributed by atoms with Crippen molar-refractivity contribution >= 4 is 17.3 Å². The lowest BCUT2D eigenvalue weighted by molar-refractivity contribution is 0.335. The molecule has 0 bridgehead atoms. The molecule has 2 N–H and O–H groups in total. The summed E-state index contributed by atoms with van der Waals surface area (Å²) in [6.07, 6.45) is 0. The van der Waals surface area contributed by atoms with E-state index < -0.39 is 11.7 Å². The van der Waals surface area contributed by atoms with Crippen molar-refractivity contribution in [2.45, 2.75) is 5.92 Å². The monoisotopic (exact) mass is 312 g/mol. The van der Waals surface area contributed by atoms with E-state index in [0.29, 0.717) is 11.4 Å². The highest BCUT2D eigenvalue weighted by atomic mass is 35.5. The molecule has 0 aliphatic heterocycles. The van der Waals surface area contributed by atoms with Crippen LogP contribution in [0.5, 0.6) is 12.0 Å². The van der Waals surface area contributed by atoms with Crippen LogP contribution >= 0.6 is 11.6 Å². The molecule has 2 aromatic rings. The summed E-state index contributed by atoms with van der Waals surface area (Å²) in [6.45, 7) is 0. The highest BCUT2D eigenvalue weighted by Crippen LogP contribution is 2.30. The predicted molar refractivity (Wildman–Crippen MR) is 76.3 cm³/mol. The van der Waals surface area contributed by atoms with Crippen LogP contribution in [0.1, 0.15) is 17.3 Å². The third kappa shape index (κ3) is 3.13. The van der Waals surface area contributed by atoms with Crippen LogP contribution < -0.4 is 15.2 Å². The van der Waals surface area contributed by atoms with Gasteiger partial charge in [0.1, 0.15) is 11.6 Å². The zero-order valence-electron chi connectivity index (χ0n) is 11.5. The lowest BCUT2D eigenvalue weighted by atomic mass is 9.98. The van der Waals surface area contributed by atoms with Crippen molar-refractivity contribution < 1.29 is 13.9 Å². The fraction of sp³-hybridized carbons (Fsp3) is 0.308. The number of hydrogen-bond acceptors (Lipinski definition) is 6. The van der Waals surface area contributed by atoms with Crippen LogP contribution in [0.4, 0.5) is 10.1 Å². The number of rotatable bonds is 5. The van der Waals surface area contributed by atoms with E-state index in [-0.39, 0.29) is 23.6 Å². The van der Waals surface area contributed by atoms with Crippen LogP contribution in [0.3, 0.4) is 0 Å². The fourth-order valence-corrected chi connectivity index (χ4v) is 2.14. The van der Waals surface area contributed by atoms with E-state index in [2.05, 4.69) is 15.0 Å². The van der Waals surface area contributed by atoms with Gasteiger partial charge in [-0.25, -0.2) is 4.39 Å². The summed E-state index contributed by atoms with van der Waals surface area (Å²) in [5.41, 5.74) is 6.29. The summed E-state index contributed by atoms with van der Waals surface area (Å²) in [4.78, 5) is 12.2. The van der Waals surface area contributed by atoms with Crippen molar-refractivity contribution in [3.63, 3.8) is 0 Å². The second-order valence-corrected chi connectivity index (χ2v) is 4.43. The lowest BCUT2D eigenvalue weighted by Crippen LogP contribution is -2.13. The zero-order valence-corrected chi connectivity index (χ0v) is 12.3. The lowest BCUT2D eigenvalue weighted by Gasteiger charge is -2.16. The summed E-state index contributed by atoms with van der Waals surface area (Å²) in [5, 5.41) is 0. The minimum absolute atomic E-state index is 0.0153. The van der Waals surface area contributed by atoms with Crippen LogP contribution in [0.15, 0.2) is 18.2 Å². The number of nitrogens with zero attached hydrogens (tertiary/aromatic N) is 3. The molecule has 8 heteroatoms. The predicted octanol–water partition coefficient (Wildman–Crippen LogP) is 1.98. The molecule has 0 saturated carbocycles. The Morgan fingerprint density at radius 2 is 1.81 bits per heavy atom. The number of halogens is 2. The van der Waals surface area contributed by atoms with Gasteiger partial charge in [0, 0.05) is 5.88 Å². The zero-order chi connectivity index (χ0) is 15.4. The SMILES string of the molecule is COc1nc(OC)nc(C(CCl)c2cccc(F)c2N)n1. The molecule has 1 atom stereocenters. The maximum atomic E-state index is 13.6. The van der Waals surface area contributed by atoms with Crippen LogP contribution in [0.25, 0.3) is 0 Å². The molecule has 1 aromatic carbocycles. The Bertz CT molecular complexity index is 619. The third-order valence-electron chi connectivity index (χ3n) is 2.90. The first-order valence-corrected chi connectivity index (χ1v) is 6.58. The standard InChI is InChI=1S/C13H14ClFN4O2/c1-20-12-17-11(18-13(19-12)21-2)8(6-14)7-4-3-5-9(15)10(7)16/h3-5,8H,6,16H2,1-2H3. The van der Waals surface area contributed by atoms with Crippen molar-refractivity contribution in [2.24, 2.45) is 0 Å². The summed E-state index contributed by atoms with van der Waals surface area (Å²) < 4.78 is 23.6.